The maximum absolute atomic E-state index is 12.9. The minimum atomic E-state index is -0.0822. The van der Waals surface area contributed by atoms with Crippen LogP contribution in [-0.2, 0) is 6.42 Å². The van der Waals surface area contributed by atoms with E-state index in [1.54, 1.807) is 0 Å². The summed E-state index contributed by atoms with van der Waals surface area (Å²) in [5.41, 5.74) is 4.13. The van der Waals surface area contributed by atoms with Gasteiger partial charge in [0.1, 0.15) is 0 Å². The Kier molecular flexibility index (Phi) is 6.86. The van der Waals surface area contributed by atoms with E-state index in [0.29, 0.717) is 31.2 Å². The van der Waals surface area contributed by atoms with Crippen LogP contribution in [0.3, 0.4) is 0 Å². The maximum Gasteiger partial charge on any atom is 0.321 e. The number of nitrogens with zero attached hydrogens (tertiary/aromatic N) is 4. The molecular weight excluding hydrogens is 438 g/mol. The minimum absolute atomic E-state index is 0.0822. The van der Waals surface area contributed by atoms with Crippen LogP contribution in [0.1, 0.15) is 30.0 Å². The molecule has 0 saturated carbocycles. The zero-order valence-corrected chi connectivity index (χ0v) is 19.8. The van der Waals surface area contributed by atoms with Crippen molar-refractivity contribution in [3.8, 4) is 11.4 Å². The van der Waals surface area contributed by atoms with Gasteiger partial charge in [0, 0.05) is 43.9 Å². The number of anilines is 1. The number of nitrogens with one attached hydrogen (secondary N) is 1. The Balaban J connectivity index is 1.21. The highest BCUT2D eigenvalue weighted by Crippen LogP contribution is 2.29. The normalized spacial score (nSPS) is 14.3. The summed E-state index contributed by atoms with van der Waals surface area (Å²) in [7, 11) is 0. The van der Waals surface area contributed by atoms with Crippen LogP contribution in [0, 0.1) is 0 Å². The SMILES string of the molecule is CCc1nc(-c2ccc(NC(=O)N3CCN(C(c4ccccc4)c4ccccc4)CC3)cc2)no1. The fourth-order valence-electron chi connectivity index (χ4n) is 4.49. The first-order valence-electron chi connectivity index (χ1n) is 12.0. The first kappa shape index (κ1) is 22.8. The van der Waals surface area contributed by atoms with Crippen molar-refractivity contribution in [1.29, 1.82) is 0 Å². The van der Waals surface area contributed by atoms with Gasteiger partial charge in [-0.2, -0.15) is 4.98 Å². The van der Waals surface area contributed by atoms with Crippen LogP contribution in [0.4, 0.5) is 10.5 Å². The van der Waals surface area contributed by atoms with E-state index in [4.69, 9.17) is 4.52 Å². The van der Waals surface area contributed by atoms with E-state index in [0.717, 1.165) is 24.3 Å². The van der Waals surface area contributed by atoms with E-state index in [9.17, 15) is 4.79 Å². The van der Waals surface area contributed by atoms with E-state index < -0.39 is 0 Å². The molecule has 0 bridgehead atoms. The summed E-state index contributed by atoms with van der Waals surface area (Å²) in [6.45, 7) is 4.92. The number of benzene rings is 3. The summed E-state index contributed by atoms with van der Waals surface area (Å²) in [4.78, 5) is 21.6. The van der Waals surface area contributed by atoms with Crippen molar-refractivity contribution in [3.63, 3.8) is 0 Å². The molecule has 1 N–H and O–H groups in total. The van der Waals surface area contributed by atoms with Gasteiger partial charge in [-0.3, -0.25) is 4.90 Å². The summed E-state index contributed by atoms with van der Waals surface area (Å²) >= 11 is 0. The number of rotatable bonds is 6. The summed E-state index contributed by atoms with van der Waals surface area (Å²) in [6.07, 6.45) is 0.700. The number of amides is 2. The zero-order chi connectivity index (χ0) is 24.0. The molecule has 0 unspecified atom stereocenters. The first-order valence-corrected chi connectivity index (χ1v) is 12.0. The third-order valence-electron chi connectivity index (χ3n) is 6.36. The lowest BCUT2D eigenvalue weighted by atomic mass is 9.96. The van der Waals surface area contributed by atoms with E-state index in [1.165, 1.54) is 11.1 Å². The largest absolute Gasteiger partial charge is 0.339 e. The highest BCUT2D eigenvalue weighted by Gasteiger charge is 2.28. The van der Waals surface area contributed by atoms with E-state index in [1.807, 2.05) is 48.2 Å². The number of carbonyl (C=O) groups is 1. The van der Waals surface area contributed by atoms with Crippen LogP contribution in [-0.4, -0.2) is 52.2 Å². The minimum Gasteiger partial charge on any atom is -0.339 e. The lowest BCUT2D eigenvalue weighted by molar-refractivity contribution is 0.126. The van der Waals surface area contributed by atoms with E-state index >= 15 is 0 Å². The maximum atomic E-state index is 12.9. The molecule has 1 aliphatic heterocycles. The predicted octanol–water partition coefficient (Wildman–Crippen LogP) is 5.24. The second-order valence-corrected chi connectivity index (χ2v) is 8.62. The third kappa shape index (κ3) is 5.25. The van der Waals surface area contributed by atoms with Crippen molar-refractivity contribution in [2.75, 3.05) is 31.5 Å². The smallest absolute Gasteiger partial charge is 0.321 e. The molecule has 1 saturated heterocycles. The Hall–Kier alpha value is -3.97. The molecule has 0 aliphatic carbocycles. The molecule has 2 heterocycles. The standard InChI is InChI=1S/C28H29N5O2/c1-2-25-30-27(31-35-25)23-13-15-24(16-14-23)29-28(34)33-19-17-32(18-20-33)26(21-9-5-3-6-10-21)22-11-7-4-8-12-22/h3-16,26H,2,17-20H2,1H3,(H,29,34). The molecule has 0 radical (unpaired) electrons. The average Bonchev–Trinajstić information content (AvgIpc) is 3.40. The highest BCUT2D eigenvalue weighted by atomic mass is 16.5. The third-order valence-corrected chi connectivity index (χ3v) is 6.36. The van der Waals surface area contributed by atoms with Crippen LogP contribution in [0.2, 0.25) is 0 Å². The fraction of sp³-hybridized carbons (Fsp3) is 0.250. The lowest BCUT2D eigenvalue weighted by Gasteiger charge is -2.39. The molecule has 1 fully saturated rings. The number of aromatic nitrogens is 2. The van der Waals surface area contributed by atoms with Gasteiger partial charge in [0.15, 0.2) is 0 Å². The molecule has 2 amide bonds. The molecule has 5 rings (SSSR count). The summed E-state index contributed by atoms with van der Waals surface area (Å²) < 4.78 is 5.18. The first-order chi connectivity index (χ1) is 17.2. The second kappa shape index (κ2) is 10.5. The Labute approximate surface area is 205 Å². The van der Waals surface area contributed by atoms with Gasteiger partial charge >= 0.3 is 6.03 Å². The Morgan fingerprint density at radius 3 is 2.03 bits per heavy atom. The molecule has 4 aromatic rings. The molecule has 7 nitrogen and oxygen atoms in total. The molecule has 0 spiro atoms. The number of aryl methyl sites for hydroxylation is 1. The van der Waals surface area contributed by atoms with Crippen LogP contribution in [0.25, 0.3) is 11.4 Å². The molecule has 1 aromatic heterocycles. The van der Waals surface area contributed by atoms with Crippen molar-refractivity contribution in [3.05, 3.63) is 102 Å². The Bertz CT molecular complexity index is 1190. The van der Waals surface area contributed by atoms with Gasteiger partial charge in [-0.1, -0.05) is 72.7 Å². The van der Waals surface area contributed by atoms with Gasteiger partial charge in [0.2, 0.25) is 11.7 Å². The van der Waals surface area contributed by atoms with Crippen LogP contribution in [0.5, 0.6) is 0 Å². The van der Waals surface area contributed by atoms with Gasteiger partial charge < -0.3 is 14.7 Å². The summed E-state index contributed by atoms with van der Waals surface area (Å²) in [6, 6.07) is 28.8. The Morgan fingerprint density at radius 1 is 0.886 bits per heavy atom. The fourth-order valence-corrected chi connectivity index (χ4v) is 4.49. The van der Waals surface area contributed by atoms with Crippen molar-refractivity contribution in [2.24, 2.45) is 0 Å². The average molecular weight is 468 g/mol. The van der Waals surface area contributed by atoms with Crippen molar-refractivity contribution in [2.45, 2.75) is 19.4 Å². The van der Waals surface area contributed by atoms with Crippen molar-refractivity contribution < 1.29 is 9.32 Å². The highest BCUT2D eigenvalue weighted by molar-refractivity contribution is 5.89. The number of carbonyl (C=O) groups excluding carboxylic acids is 1. The van der Waals surface area contributed by atoms with Crippen molar-refractivity contribution in [1.82, 2.24) is 19.9 Å². The van der Waals surface area contributed by atoms with E-state index in [-0.39, 0.29) is 12.1 Å². The number of hydrogen-bond acceptors (Lipinski definition) is 5. The molecule has 7 heteroatoms. The quantitative estimate of drug-likeness (QED) is 0.420. The molecule has 1 aliphatic rings. The number of piperazine rings is 1. The van der Waals surface area contributed by atoms with E-state index in [2.05, 4.69) is 68.9 Å². The predicted molar refractivity (Wildman–Crippen MR) is 136 cm³/mol. The van der Waals surface area contributed by atoms with Crippen LogP contribution >= 0.6 is 0 Å². The van der Waals surface area contributed by atoms with Gasteiger partial charge in [0.05, 0.1) is 6.04 Å². The van der Waals surface area contributed by atoms with Gasteiger partial charge in [-0.05, 0) is 35.4 Å². The van der Waals surface area contributed by atoms with Crippen molar-refractivity contribution >= 4 is 11.7 Å². The summed E-state index contributed by atoms with van der Waals surface area (Å²) in [5.74, 6) is 1.17. The lowest BCUT2D eigenvalue weighted by Crippen LogP contribution is -2.51. The molecule has 0 atom stereocenters. The van der Waals surface area contributed by atoms with Gasteiger partial charge in [-0.25, -0.2) is 4.79 Å². The molecule has 3 aromatic carbocycles. The van der Waals surface area contributed by atoms with Gasteiger partial charge in [-0.15, -0.1) is 0 Å². The summed E-state index contributed by atoms with van der Waals surface area (Å²) in [5, 5.41) is 7.02. The number of urea groups is 1. The topological polar surface area (TPSA) is 74.5 Å². The number of hydrogen-bond donors (Lipinski definition) is 1. The van der Waals surface area contributed by atoms with Gasteiger partial charge in [0.25, 0.3) is 0 Å². The zero-order valence-electron chi connectivity index (χ0n) is 19.8. The monoisotopic (exact) mass is 467 g/mol. The molecule has 35 heavy (non-hydrogen) atoms. The molecular formula is C28H29N5O2. The Morgan fingerprint density at radius 2 is 1.49 bits per heavy atom. The second-order valence-electron chi connectivity index (χ2n) is 8.62. The van der Waals surface area contributed by atoms with Crippen LogP contribution < -0.4 is 5.32 Å². The van der Waals surface area contributed by atoms with Crippen LogP contribution in [0.15, 0.2) is 89.5 Å². The molecule has 178 valence electrons.